The largest absolute Gasteiger partial charge is 0.469 e. The summed E-state index contributed by atoms with van der Waals surface area (Å²) in [7, 11) is 0. The number of nitrogens with one attached hydrogen (secondary N) is 1. The van der Waals surface area contributed by atoms with Gasteiger partial charge in [0.05, 0.1) is 18.6 Å². The first kappa shape index (κ1) is 27.6. The summed E-state index contributed by atoms with van der Waals surface area (Å²) in [6, 6.07) is 9.04. The van der Waals surface area contributed by atoms with E-state index < -0.39 is 47.6 Å². The molecule has 0 saturated carbocycles. The van der Waals surface area contributed by atoms with Crippen molar-refractivity contribution >= 4 is 57.2 Å². The maximum absolute atomic E-state index is 13.2. The average Bonchev–Trinajstić information content (AvgIpc) is 3.41. The van der Waals surface area contributed by atoms with Crippen LogP contribution in [0.2, 0.25) is 0 Å². The first-order chi connectivity index (χ1) is 18.2. The number of hydrogen-bond acceptors (Lipinski definition) is 9. The quantitative estimate of drug-likeness (QED) is 0.247. The van der Waals surface area contributed by atoms with Crippen LogP contribution in [0.15, 0.2) is 62.8 Å². The van der Waals surface area contributed by atoms with Gasteiger partial charge >= 0.3 is 11.9 Å². The molecule has 2 aromatic rings. The Balaban J connectivity index is 1.48. The summed E-state index contributed by atoms with van der Waals surface area (Å²) >= 11 is 4.62. The highest BCUT2D eigenvalue weighted by atomic mass is 79.9. The second kappa shape index (κ2) is 12.0. The molecule has 1 N–H and O–H groups in total. The van der Waals surface area contributed by atoms with E-state index in [1.54, 1.807) is 50.2 Å². The molecule has 1 saturated heterocycles. The van der Waals surface area contributed by atoms with Gasteiger partial charge in [-0.15, -0.1) is 11.8 Å². The number of carbonyl (C=O) groups is 5. The lowest BCUT2D eigenvalue weighted by Crippen LogP contribution is -2.70. The van der Waals surface area contributed by atoms with Crippen LogP contribution in [0.3, 0.4) is 0 Å². The fraction of sp³-hybridized carbons (Fsp3) is 0.346. The number of esters is 2. The molecule has 3 heterocycles. The highest BCUT2D eigenvalue weighted by Crippen LogP contribution is 2.40. The molecule has 12 heteroatoms. The van der Waals surface area contributed by atoms with E-state index in [-0.39, 0.29) is 30.4 Å². The van der Waals surface area contributed by atoms with E-state index in [0.717, 1.165) is 4.47 Å². The second-order valence-electron chi connectivity index (χ2n) is 8.93. The van der Waals surface area contributed by atoms with Crippen LogP contribution in [0.1, 0.15) is 30.0 Å². The van der Waals surface area contributed by atoms with Crippen molar-refractivity contribution in [1.82, 2.24) is 10.2 Å². The highest BCUT2D eigenvalue weighted by molar-refractivity contribution is 9.10. The Bertz CT molecular complexity index is 1270. The van der Waals surface area contributed by atoms with Crippen LogP contribution in [0.25, 0.3) is 0 Å². The third-order valence-corrected chi connectivity index (χ3v) is 7.70. The molecule has 1 fully saturated rings. The molecule has 2 atom stereocenters. The summed E-state index contributed by atoms with van der Waals surface area (Å²) in [5, 5.41) is 2.13. The van der Waals surface area contributed by atoms with Crippen molar-refractivity contribution in [1.29, 1.82) is 0 Å². The van der Waals surface area contributed by atoms with Crippen molar-refractivity contribution in [2.24, 2.45) is 5.92 Å². The minimum atomic E-state index is -0.884. The molecule has 0 radical (unpaired) electrons. The summed E-state index contributed by atoms with van der Waals surface area (Å²) in [5.41, 5.74) is 0.669. The topological polar surface area (TPSA) is 132 Å². The molecule has 0 spiro atoms. The molecule has 2 amide bonds. The Morgan fingerprint density at radius 1 is 1.16 bits per heavy atom. The van der Waals surface area contributed by atoms with E-state index in [2.05, 4.69) is 21.2 Å². The first-order valence-electron chi connectivity index (χ1n) is 11.8. The normalized spacial score (nSPS) is 18.5. The second-order valence-corrected chi connectivity index (χ2v) is 11.0. The van der Waals surface area contributed by atoms with E-state index in [0.29, 0.717) is 16.9 Å². The van der Waals surface area contributed by atoms with E-state index in [1.165, 1.54) is 22.9 Å². The van der Waals surface area contributed by atoms with Crippen LogP contribution in [-0.2, 0) is 35.1 Å². The van der Waals surface area contributed by atoms with E-state index in [1.807, 2.05) is 0 Å². The van der Waals surface area contributed by atoms with Gasteiger partial charge in [-0.25, -0.2) is 4.79 Å². The molecule has 0 aliphatic carbocycles. The number of rotatable bonds is 10. The van der Waals surface area contributed by atoms with Crippen LogP contribution in [0.4, 0.5) is 0 Å². The first-order valence-corrected chi connectivity index (χ1v) is 13.6. The predicted octanol–water partition coefficient (Wildman–Crippen LogP) is 2.86. The number of hydrogen-bond donors (Lipinski definition) is 1. The van der Waals surface area contributed by atoms with Crippen LogP contribution >= 0.6 is 27.7 Å². The lowest BCUT2D eigenvalue weighted by atomic mass is 10.0. The summed E-state index contributed by atoms with van der Waals surface area (Å²) in [5.74, 6) is -2.33. The maximum Gasteiger partial charge on any atom is 0.355 e. The molecule has 2 aliphatic rings. The number of fused-ring (bicyclic) bond motifs is 1. The fourth-order valence-corrected chi connectivity index (χ4v) is 5.41. The summed E-state index contributed by atoms with van der Waals surface area (Å²) in [6.07, 6.45) is 1.42. The van der Waals surface area contributed by atoms with Gasteiger partial charge in [0.2, 0.25) is 5.91 Å². The Morgan fingerprint density at radius 2 is 1.89 bits per heavy atom. The molecule has 200 valence electrons. The number of β-lactam (4-membered cyclic amide) rings is 1. The van der Waals surface area contributed by atoms with Crippen molar-refractivity contribution in [2.75, 3.05) is 19.0 Å². The van der Waals surface area contributed by atoms with Gasteiger partial charge in [0.15, 0.2) is 12.4 Å². The zero-order chi connectivity index (χ0) is 27.4. The van der Waals surface area contributed by atoms with Gasteiger partial charge in [0.25, 0.3) is 5.91 Å². The number of ketones is 1. The minimum absolute atomic E-state index is 0.0342. The number of amides is 2. The number of Topliss-reactive ketones (excluding diaryl/α,β-unsaturated/α-hetero) is 1. The third kappa shape index (κ3) is 6.18. The number of halogens is 1. The number of nitrogens with zero attached hydrogens (tertiary/aromatic N) is 1. The maximum atomic E-state index is 13.2. The third-order valence-electron chi connectivity index (χ3n) is 5.83. The molecule has 4 rings (SSSR count). The molecule has 1 aromatic carbocycles. The molecule has 2 aliphatic heterocycles. The SMILES string of the molecule is CC(C)C(=O)OCC1=C(C(=O)OCC(=O)c2ccc(Br)cc2)N2C(=O)[C@@H](NC(=O)Cc3ccco3)[C@@H]2SC1. The van der Waals surface area contributed by atoms with Crippen LogP contribution < -0.4 is 5.32 Å². The van der Waals surface area contributed by atoms with Gasteiger partial charge in [-0.05, 0) is 24.3 Å². The smallest absolute Gasteiger partial charge is 0.355 e. The van der Waals surface area contributed by atoms with Gasteiger partial charge in [-0.3, -0.25) is 24.1 Å². The van der Waals surface area contributed by atoms with E-state index >= 15 is 0 Å². The van der Waals surface area contributed by atoms with Gasteiger partial charge in [-0.2, -0.15) is 0 Å². The van der Waals surface area contributed by atoms with Crippen LogP contribution in [-0.4, -0.2) is 64.8 Å². The summed E-state index contributed by atoms with van der Waals surface area (Å²) < 4.78 is 16.6. The Labute approximate surface area is 231 Å². The van der Waals surface area contributed by atoms with Crippen LogP contribution in [0, 0.1) is 5.92 Å². The van der Waals surface area contributed by atoms with Crippen molar-refractivity contribution in [3.8, 4) is 0 Å². The Kier molecular flexibility index (Phi) is 8.72. The highest BCUT2D eigenvalue weighted by Gasteiger charge is 2.54. The van der Waals surface area contributed by atoms with Crippen LogP contribution in [0.5, 0.6) is 0 Å². The molecule has 1 aromatic heterocycles. The summed E-state index contributed by atoms with van der Waals surface area (Å²) in [6.45, 7) is 2.62. The monoisotopic (exact) mass is 604 g/mol. The van der Waals surface area contributed by atoms with Gasteiger partial charge < -0.3 is 19.2 Å². The van der Waals surface area contributed by atoms with Gasteiger partial charge in [-0.1, -0.05) is 41.9 Å². The zero-order valence-corrected chi connectivity index (χ0v) is 23.0. The molecular weight excluding hydrogens is 580 g/mol. The lowest BCUT2D eigenvalue weighted by Gasteiger charge is -2.49. The van der Waals surface area contributed by atoms with Crippen molar-refractivity contribution in [2.45, 2.75) is 31.7 Å². The van der Waals surface area contributed by atoms with Gasteiger partial charge in [0, 0.05) is 21.4 Å². The molecular formula is C26H25BrN2O8S. The average molecular weight is 605 g/mol. The predicted molar refractivity (Wildman–Crippen MR) is 140 cm³/mol. The molecule has 38 heavy (non-hydrogen) atoms. The zero-order valence-electron chi connectivity index (χ0n) is 20.6. The lowest BCUT2D eigenvalue weighted by molar-refractivity contribution is -0.153. The minimum Gasteiger partial charge on any atom is -0.469 e. The fourth-order valence-electron chi connectivity index (χ4n) is 3.82. The number of ether oxygens (including phenoxy) is 2. The van der Waals surface area contributed by atoms with Crippen molar-refractivity contribution < 1.29 is 37.9 Å². The van der Waals surface area contributed by atoms with E-state index in [4.69, 9.17) is 13.9 Å². The molecule has 0 unspecified atom stereocenters. The number of thioether (sulfide) groups is 1. The van der Waals surface area contributed by atoms with Gasteiger partial charge in [0.1, 0.15) is 29.5 Å². The van der Waals surface area contributed by atoms with Crippen molar-refractivity contribution in [3.05, 3.63) is 69.7 Å². The standard InChI is InChI=1S/C26H25BrN2O8S/c1-14(2)25(33)36-11-16-13-38-24-21(28-20(31)10-18-4-3-9-35-18)23(32)29(24)22(16)26(34)37-12-19(30)15-5-7-17(27)8-6-15/h3-9,14,21,24H,10-13H2,1-2H3,(H,28,31)/t21-,24+/m1/s1. The molecule has 0 bridgehead atoms. The molecule has 10 nitrogen and oxygen atoms in total. The Hall–Kier alpha value is -3.38. The van der Waals surface area contributed by atoms with E-state index in [9.17, 15) is 24.0 Å². The Morgan fingerprint density at radius 3 is 2.55 bits per heavy atom. The van der Waals surface area contributed by atoms with Crippen molar-refractivity contribution in [3.63, 3.8) is 0 Å². The summed E-state index contributed by atoms with van der Waals surface area (Å²) in [4.78, 5) is 64.5. The number of carbonyl (C=O) groups excluding carboxylic acids is 5. The number of benzene rings is 1. The number of furan rings is 1.